The van der Waals surface area contributed by atoms with Gasteiger partial charge >= 0.3 is 0 Å². The smallest absolute Gasteiger partial charge is 0.134 e. The van der Waals surface area contributed by atoms with Crippen LogP contribution in [0.1, 0.15) is 28.1 Å². The Bertz CT molecular complexity index is 714. The Hall–Kier alpha value is -1.65. The maximum Gasteiger partial charge on any atom is 0.134 e. The van der Waals surface area contributed by atoms with Crippen LogP contribution >= 0.6 is 11.3 Å². The van der Waals surface area contributed by atoms with Crippen LogP contribution in [0.5, 0.6) is 0 Å². The highest BCUT2D eigenvalue weighted by molar-refractivity contribution is 7.09. The van der Waals surface area contributed by atoms with Crippen molar-refractivity contribution < 1.29 is 9.52 Å². The van der Waals surface area contributed by atoms with E-state index in [1.165, 1.54) is 0 Å². The number of aromatic nitrogens is 1. The van der Waals surface area contributed by atoms with E-state index in [1.54, 1.807) is 11.3 Å². The number of hydrogen-bond donors (Lipinski definition) is 1. The molecule has 3 rings (SSSR count). The van der Waals surface area contributed by atoms with E-state index >= 15 is 0 Å². The van der Waals surface area contributed by atoms with Gasteiger partial charge in [0.05, 0.1) is 16.8 Å². The molecule has 4 heteroatoms. The molecule has 1 atom stereocenters. The van der Waals surface area contributed by atoms with Gasteiger partial charge in [0, 0.05) is 22.8 Å². The van der Waals surface area contributed by atoms with Crippen LogP contribution in [0.3, 0.4) is 0 Å². The zero-order chi connectivity index (χ0) is 13.4. The van der Waals surface area contributed by atoms with Crippen molar-refractivity contribution in [1.82, 2.24) is 4.98 Å². The number of nitrogens with zero attached hydrogens (tertiary/aromatic N) is 1. The fourth-order valence-corrected chi connectivity index (χ4v) is 3.03. The van der Waals surface area contributed by atoms with Crippen molar-refractivity contribution in [3.05, 3.63) is 51.7 Å². The molecule has 2 heterocycles. The van der Waals surface area contributed by atoms with Crippen molar-refractivity contribution in [3.63, 3.8) is 0 Å². The molecule has 0 amide bonds. The number of thiazole rings is 1. The third-order valence-corrected chi connectivity index (χ3v) is 4.04. The Kier molecular flexibility index (Phi) is 3.12. The summed E-state index contributed by atoms with van der Waals surface area (Å²) in [6.45, 7) is 3.86. The van der Waals surface area contributed by atoms with Crippen LogP contribution in [0, 0.1) is 13.8 Å². The van der Waals surface area contributed by atoms with Gasteiger partial charge in [0.2, 0.25) is 0 Å². The summed E-state index contributed by atoms with van der Waals surface area (Å²) in [7, 11) is 0. The number of rotatable bonds is 3. The zero-order valence-electron chi connectivity index (χ0n) is 10.9. The summed E-state index contributed by atoms with van der Waals surface area (Å²) in [6, 6.07) is 7.80. The lowest BCUT2D eigenvalue weighted by Crippen LogP contribution is -2.03. The van der Waals surface area contributed by atoms with Gasteiger partial charge in [0.1, 0.15) is 11.3 Å². The van der Waals surface area contributed by atoms with Gasteiger partial charge in [-0.15, -0.1) is 11.3 Å². The largest absolute Gasteiger partial charge is 0.461 e. The van der Waals surface area contributed by atoms with Gasteiger partial charge in [-0.1, -0.05) is 18.2 Å². The molecule has 3 aromatic rings. The normalized spacial score (nSPS) is 13.0. The lowest BCUT2D eigenvalue weighted by Gasteiger charge is -2.08. The summed E-state index contributed by atoms with van der Waals surface area (Å²) in [5, 5.41) is 14.5. The predicted molar refractivity (Wildman–Crippen MR) is 76.5 cm³/mol. The number of aryl methyl sites for hydroxylation is 2. The highest BCUT2D eigenvalue weighted by atomic mass is 32.1. The van der Waals surface area contributed by atoms with Gasteiger partial charge in [0.15, 0.2) is 0 Å². The molecule has 0 aliphatic rings. The van der Waals surface area contributed by atoms with Crippen molar-refractivity contribution in [2.45, 2.75) is 26.4 Å². The van der Waals surface area contributed by atoms with Crippen molar-refractivity contribution >= 4 is 22.3 Å². The number of aliphatic hydroxyl groups excluding tert-OH is 1. The minimum Gasteiger partial charge on any atom is -0.461 e. The quantitative estimate of drug-likeness (QED) is 0.790. The van der Waals surface area contributed by atoms with E-state index in [0.717, 1.165) is 33.0 Å². The molecule has 0 saturated heterocycles. The van der Waals surface area contributed by atoms with Crippen LogP contribution < -0.4 is 0 Å². The van der Waals surface area contributed by atoms with Crippen LogP contribution in [-0.4, -0.2) is 10.1 Å². The molecule has 0 radical (unpaired) electrons. The average molecular weight is 273 g/mol. The lowest BCUT2D eigenvalue weighted by atomic mass is 10.0. The van der Waals surface area contributed by atoms with E-state index < -0.39 is 6.10 Å². The number of hydrogen-bond acceptors (Lipinski definition) is 4. The Balaban J connectivity index is 1.97. The fraction of sp³-hybridized carbons (Fsp3) is 0.267. The van der Waals surface area contributed by atoms with E-state index in [9.17, 15) is 5.11 Å². The Labute approximate surface area is 115 Å². The van der Waals surface area contributed by atoms with Gasteiger partial charge in [-0.25, -0.2) is 4.98 Å². The molecule has 2 aromatic heterocycles. The second-order valence-electron chi connectivity index (χ2n) is 4.65. The number of furan rings is 1. The van der Waals surface area contributed by atoms with Gasteiger partial charge in [-0.3, -0.25) is 0 Å². The Morgan fingerprint density at radius 3 is 2.84 bits per heavy atom. The summed E-state index contributed by atoms with van der Waals surface area (Å²) < 4.78 is 5.69. The maximum absolute atomic E-state index is 10.5. The van der Waals surface area contributed by atoms with Gasteiger partial charge in [-0.05, 0) is 19.9 Å². The van der Waals surface area contributed by atoms with E-state index in [0.29, 0.717) is 6.42 Å². The lowest BCUT2D eigenvalue weighted by molar-refractivity contribution is 0.176. The molecule has 0 aliphatic heterocycles. The molecule has 0 aliphatic carbocycles. The van der Waals surface area contributed by atoms with Crippen LogP contribution in [0.15, 0.2) is 34.1 Å². The van der Waals surface area contributed by atoms with Crippen molar-refractivity contribution in [3.8, 4) is 0 Å². The Morgan fingerprint density at radius 2 is 2.11 bits per heavy atom. The topological polar surface area (TPSA) is 46.3 Å². The molecule has 1 unspecified atom stereocenters. The van der Waals surface area contributed by atoms with Gasteiger partial charge in [-0.2, -0.15) is 0 Å². The average Bonchev–Trinajstić information content (AvgIpc) is 2.91. The SMILES string of the molecule is Cc1nc(CC(O)c2c(C)oc3ccccc23)cs1. The molecule has 0 bridgehead atoms. The van der Waals surface area contributed by atoms with Crippen LogP contribution in [0.4, 0.5) is 0 Å². The first kappa shape index (κ1) is 12.4. The number of benzene rings is 1. The Morgan fingerprint density at radius 1 is 1.32 bits per heavy atom. The third-order valence-electron chi connectivity index (χ3n) is 3.22. The van der Waals surface area contributed by atoms with Crippen LogP contribution in [0.2, 0.25) is 0 Å². The van der Waals surface area contributed by atoms with Crippen molar-refractivity contribution in [2.75, 3.05) is 0 Å². The van der Waals surface area contributed by atoms with E-state index in [4.69, 9.17) is 4.42 Å². The van der Waals surface area contributed by atoms with E-state index in [1.807, 2.05) is 43.5 Å². The second-order valence-corrected chi connectivity index (χ2v) is 5.71. The van der Waals surface area contributed by atoms with Crippen LogP contribution in [0.25, 0.3) is 11.0 Å². The molecule has 0 saturated carbocycles. The minimum atomic E-state index is -0.579. The molecule has 0 spiro atoms. The van der Waals surface area contributed by atoms with Crippen LogP contribution in [-0.2, 0) is 6.42 Å². The summed E-state index contributed by atoms with van der Waals surface area (Å²) in [6.07, 6.45) is -0.0560. The molecule has 98 valence electrons. The molecule has 1 N–H and O–H groups in total. The first-order valence-corrected chi connectivity index (χ1v) is 7.10. The summed E-state index contributed by atoms with van der Waals surface area (Å²) in [5.41, 5.74) is 2.63. The molecule has 1 aromatic carbocycles. The van der Waals surface area contributed by atoms with Gasteiger partial charge in [0.25, 0.3) is 0 Å². The first-order chi connectivity index (χ1) is 9.15. The number of aliphatic hydroxyl groups is 1. The predicted octanol–water partition coefficient (Wildman–Crippen LogP) is 3.78. The molecular weight excluding hydrogens is 258 g/mol. The first-order valence-electron chi connectivity index (χ1n) is 6.22. The third kappa shape index (κ3) is 2.29. The number of para-hydroxylation sites is 1. The second kappa shape index (κ2) is 4.79. The highest BCUT2D eigenvalue weighted by Crippen LogP contribution is 2.32. The standard InChI is InChI=1S/C15H15NO2S/c1-9-15(12-5-3-4-6-14(12)18-9)13(17)7-11-8-19-10(2)16-11/h3-6,8,13,17H,7H2,1-2H3. The maximum atomic E-state index is 10.5. The number of fused-ring (bicyclic) bond motifs is 1. The monoisotopic (exact) mass is 273 g/mol. The zero-order valence-corrected chi connectivity index (χ0v) is 11.7. The van der Waals surface area contributed by atoms with Crippen molar-refractivity contribution in [1.29, 1.82) is 0 Å². The highest BCUT2D eigenvalue weighted by Gasteiger charge is 2.19. The fourth-order valence-electron chi connectivity index (χ4n) is 2.40. The van der Waals surface area contributed by atoms with E-state index in [2.05, 4.69) is 4.98 Å². The molecule has 19 heavy (non-hydrogen) atoms. The van der Waals surface area contributed by atoms with E-state index in [-0.39, 0.29) is 0 Å². The molecule has 0 fully saturated rings. The molecular formula is C15H15NO2S. The summed E-state index contributed by atoms with van der Waals surface area (Å²) in [5.74, 6) is 0.778. The van der Waals surface area contributed by atoms with Crippen molar-refractivity contribution in [2.24, 2.45) is 0 Å². The molecule has 3 nitrogen and oxygen atoms in total. The van der Waals surface area contributed by atoms with Gasteiger partial charge < -0.3 is 9.52 Å². The minimum absolute atomic E-state index is 0.523. The summed E-state index contributed by atoms with van der Waals surface area (Å²) >= 11 is 1.61. The summed E-state index contributed by atoms with van der Waals surface area (Å²) in [4.78, 5) is 4.40.